The third-order valence-electron chi connectivity index (χ3n) is 4.77. The van der Waals surface area contributed by atoms with Crippen LogP contribution in [0.15, 0.2) is 53.0 Å². The minimum atomic E-state index is -0.706. The van der Waals surface area contributed by atoms with Gasteiger partial charge in [0.2, 0.25) is 0 Å². The lowest BCUT2D eigenvalue weighted by molar-refractivity contribution is -0.0442. The quantitative estimate of drug-likeness (QED) is 0.702. The number of hydrogen-bond donors (Lipinski definition) is 0. The summed E-state index contributed by atoms with van der Waals surface area (Å²) in [6.45, 7) is 1.07. The molecule has 122 valence electrons. The van der Waals surface area contributed by atoms with Crippen LogP contribution in [0.2, 0.25) is 0 Å². The molecule has 1 atom stereocenters. The Labute approximate surface area is 148 Å². The highest BCUT2D eigenvalue weighted by atomic mass is 79.9. The number of rotatable bonds is 1. The van der Waals surface area contributed by atoms with Crippen molar-refractivity contribution in [1.82, 2.24) is 4.90 Å². The maximum Gasteiger partial charge on any atom is 0.339 e. The molecule has 1 fully saturated rings. The third-order valence-corrected chi connectivity index (χ3v) is 5.46. The molecular weight excluding hydrogens is 370 g/mol. The average Bonchev–Trinajstić information content (AvgIpc) is 2.87. The first-order valence-corrected chi connectivity index (χ1v) is 8.77. The zero-order valence-electron chi connectivity index (χ0n) is 13.0. The van der Waals surface area contributed by atoms with Gasteiger partial charge in [-0.3, -0.25) is 4.79 Å². The van der Waals surface area contributed by atoms with Crippen molar-refractivity contribution in [3.63, 3.8) is 0 Å². The van der Waals surface area contributed by atoms with Crippen molar-refractivity contribution >= 4 is 27.8 Å². The number of carbonyl (C=O) groups excluding carboxylic acids is 2. The molecule has 0 radical (unpaired) electrons. The lowest BCUT2D eigenvalue weighted by atomic mass is 9.85. The van der Waals surface area contributed by atoms with Gasteiger partial charge >= 0.3 is 5.97 Å². The maximum atomic E-state index is 12.9. The van der Waals surface area contributed by atoms with E-state index in [9.17, 15) is 9.59 Å². The summed E-state index contributed by atoms with van der Waals surface area (Å²) in [4.78, 5) is 26.9. The molecular formula is C19H16BrNO3. The van der Waals surface area contributed by atoms with Gasteiger partial charge in [-0.15, -0.1) is 0 Å². The summed E-state index contributed by atoms with van der Waals surface area (Å²) >= 11 is 3.44. The Morgan fingerprint density at radius 1 is 1.12 bits per heavy atom. The minimum Gasteiger partial charge on any atom is -0.449 e. The summed E-state index contributed by atoms with van der Waals surface area (Å²) in [5.41, 5.74) is 1.45. The van der Waals surface area contributed by atoms with E-state index in [4.69, 9.17) is 4.74 Å². The summed E-state index contributed by atoms with van der Waals surface area (Å²) in [7, 11) is 0. The van der Waals surface area contributed by atoms with Crippen molar-refractivity contribution in [3.8, 4) is 0 Å². The predicted octanol–water partition coefficient (Wildman–Crippen LogP) is 3.75. The molecule has 2 aliphatic heterocycles. The van der Waals surface area contributed by atoms with Gasteiger partial charge in [-0.25, -0.2) is 4.79 Å². The molecule has 2 aliphatic rings. The first-order valence-electron chi connectivity index (χ1n) is 7.97. The number of halogens is 1. The van der Waals surface area contributed by atoms with Crippen molar-refractivity contribution in [2.24, 2.45) is 0 Å². The smallest absolute Gasteiger partial charge is 0.339 e. The van der Waals surface area contributed by atoms with Crippen LogP contribution in [0.4, 0.5) is 0 Å². The van der Waals surface area contributed by atoms with E-state index >= 15 is 0 Å². The van der Waals surface area contributed by atoms with Crippen LogP contribution in [0.5, 0.6) is 0 Å². The van der Waals surface area contributed by atoms with Crippen LogP contribution >= 0.6 is 15.9 Å². The number of fused-ring (bicyclic) bond motifs is 2. The van der Waals surface area contributed by atoms with Gasteiger partial charge in [0.15, 0.2) is 5.60 Å². The third kappa shape index (κ3) is 2.35. The normalized spacial score (nSPS) is 22.4. The summed E-state index contributed by atoms with van der Waals surface area (Å²) in [6, 6.07) is 14.9. The number of likely N-dealkylation sites (tertiary alicyclic amines) is 1. The van der Waals surface area contributed by atoms with E-state index in [-0.39, 0.29) is 11.9 Å². The predicted molar refractivity (Wildman–Crippen MR) is 92.8 cm³/mol. The van der Waals surface area contributed by atoms with E-state index in [2.05, 4.69) is 15.9 Å². The highest BCUT2D eigenvalue weighted by Crippen LogP contribution is 2.43. The molecule has 5 heteroatoms. The monoisotopic (exact) mass is 385 g/mol. The fourth-order valence-corrected chi connectivity index (χ4v) is 4.10. The van der Waals surface area contributed by atoms with Crippen molar-refractivity contribution in [2.75, 3.05) is 13.1 Å². The van der Waals surface area contributed by atoms with Gasteiger partial charge in [0.05, 0.1) is 17.7 Å². The Balaban J connectivity index is 1.67. The molecule has 1 amide bonds. The van der Waals surface area contributed by atoms with E-state index < -0.39 is 5.60 Å². The Hall–Kier alpha value is -2.14. The first kappa shape index (κ1) is 15.4. The van der Waals surface area contributed by atoms with Crippen LogP contribution < -0.4 is 0 Å². The van der Waals surface area contributed by atoms with Crippen molar-refractivity contribution in [1.29, 1.82) is 0 Å². The van der Waals surface area contributed by atoms with Crippen LogP contribution in [0.25, 0.3) is 0 Å². The number of carbonyl (C=O) groups is 2. The first-order chi connectivity index (χ1) is 11.6. The van der Waals surface area contributed by atoms with Gasteiger partial charge in [0, 0.05) is 16.6 Å². The SMILES string of the molecule is O=C1OC2(CCCN(C(=O)c3ccccc3Br)C2)c2ccccc21. The second-order valence-corrected chi connectivity index (χ2v) is 7.09. The van der Waals surface area contributed by atoms with Gasteiger partial charge in [-0.1, -0.05) is 30.3 Å². The number of nitrogens with zero attached hydrogens (tertiary/aromatic N) is 1. The van der Waals surface area contributed by atoms with Crippen LogP contribution in [-0.4, -0.2) is 29.9 Å². The molecule has 0 bridgehead atoms. The fourth-order valence-electron chi connectivity index (χ4n) is 3.65. The zero-order chi connectivity index (χ0) is 16.7. The molecule has 1 spiro atoms. The molecule has 4 rings (SSSR count). The average molecular weight is 386 g/mol. The molecule has 4 nitrogen and oxygen atoms in total. The molecule has 0 aromatic heterocycles. The Bertz CT molecular complexity index is 835. The molecule has 24 heavy (non-hydrogen) atoms. The number of piperidine rings is 1. The second kappa shape index (κ2) is 5.74. The van der Waals surface area contributed by atoms with Gasteiger partial charge in [0.25, 0.3) is 5.91 Å². The highest BCUT2D eigenvalue weighted by molar-refractivity contribution is 9.10. The van der Waals surface area contributed by atoms with Crippen molar-refractivity contribution in [2.45, 2.75) is 18.4 Å². The fraction of sp³-hybridized carbons (Fsp3) is 0.263. The van der Waals surface area contributed by atoms with Crippen molar-refractivity contribution in [3.05, 3.63) is 69.7 Å². The molecule has 0 N–H and O–H groups in total. The van der Waals surface area contributed by atoms with Crippen LogP contribution in [-0.2, 0) is 10.3 Å². The van der Waals surface area contributed by atoms with Crippen LogP contribution in [0.3, 0.4) is 0 Å². The van der Waals surface area contributed by atoms with E-state index in [0.717, 1.165) is 22.9 Å². The van der Waals surface area contributed by atoms with Gasteiger partial charge in [-0.05, 0) is 47.0 Å². The van der Waals surface area contributed by atoms with Crippen molar-refractivity contribution < 1.29 is 14.3 Å². The maximum absolute atomic E-state index is 12.9. The molecule has 1 saturated heterocycles. The largest absolute Gasteiger partial charge is 0.449 e. The van der Waals surface area contributed by atoms with Gasteiger partial charge < -0.3 is 9.64 Å². The van der Waals surface area contributed by atoms with E-state index in [1.165, 1.54) is 0 Å². The van der Waals surface area contributed by atoms with E-state index in [0.29, 0.717) is 24.2 Å². The Morgan fingerprint density at radius 3 is 2.71 bits per heavy atom. The molecule has 0 saturated carbocycles. The molecule has 2 aromatic rings. The number of esters is 1. The molecule has 1 unspecified atom stereocenters. The lowest BCUT2D eigenvalue weighted by Gasteiger charge is -2.39. The molecule has 2 aromatic carbocycles. The standard InChI is InChI=1S/C19H16BrNO3/c20-16-9-4-2-7-14(16)17(22)21-11-5-10-19(12-21)15-8-3-1-6-13(15)18(23)24-19/h1-4,6-9H,5,10-12H2. The summed E-state index contributed by atoms with van der Waals surface area (Å²) in [5, 5.41) is 0. The lowest BCUT2D eigenvalue weighted by Crippen LogP contribution is -2.48. The Morgan fingerprint density at radius 2 is 1.88 bits per heavy atom. The van der Waals surface area contributed by atoms with Crippen LogP contribution in [0.1, 0.15) is 39.1 Å². The summed E-state index contributed by atoms with van der Waals surface area (Å²) in [5.74, 6) is -0.331. The highest BCUT2D eigenvalue weighted by Gasteiger charge is 2.48. The van der Waals surface area contributed by atoms with E-state index in [1.54, 1.807) is 11.0 Å². The van der Waals surface area contributed by atoms with Crippen LogP contribution in [0, 0.1) is 0 Å². The number of hydrogen-bond acceptors (Lipinski definition) is 3. The molecule has 2 heterocycles. The van der Waals surface area contributed by atoms with Gasteiger partial charge in [-0.2, -0.15) is 0 Å². The molecule has 0 aliphatic carbocycles. The number of benzene rings is 2. The summed E-state index contributed by atoms with van der Waals surface area (Å²) < 4.78 is 6.54. The second-order valence-electron chi connectivity index (χ2n) is 6.24. The van der Waals surface area contributed by atoms with E-state index in [1.807, 2.05) is 42.5 Å². The topological polar surface area (TPSA) is 46.6 Å². The number of amides is 1. The minimum absolute atomic E-state index is 0.0398. The zero-order valence-corrected chi connectivity index (χ0v) is 14.6. The Kier molecular flexibility index (Phi) is 3.68. The number of ether oxygens (including phenoxy) is 1. The van der Waals surface area contributed by atoms with Gasteiger partial charge in [0.1, 0.15) is 0 Å². The summed E-state index contributed by atoms with van der Waals surface area (Å²) in [6.07, 6.45) is 1.55.